The predicted octanol–water partition coefficient (Wildman–Crippen LogP) is 1.77. The molecule has 2 aromatic carbocycles. The van der Waals surface area contributed by atoms with E-state index in [0.717, 1.165) is 5.56 Å². The number of rotatable bonds is 8. The monoisotopic (exact) mass is 461 g/mol. The molecule has 0 saturated carbocycles. The predicted molar refractivity (Wildman–Crippen MR) is 119 cm³/mol. The number of benzene rings is 2. The number of nitrogens with two attached hydrogens (primary N) is 1. The minimum atomic E-state index is -3.80. The molecular weight excluding hydrogens is 434 g/mol. The second kappa shape index (κ2) is 10.0. The van der Waals surface area contributed by atoms with Crippen LogP contribution >= 0.6 is 0 Å². The summed E-state index contributed by atoms with van der Waals surface area (Å²) in [6.07, 6.45) is 0.938. The normalized spacial score (nSPS) is 15.2. The summed E-state index contributed by atoms with van der Waals surface area (Å²) in [7, 11) is -0.921. The van der Waals surface area contributed by atoms with Crippen molar-refractivity contribution in [2.45, 2.75) is 24.2 Å². The molecule has 3 N–H and O–H groups in total. The van der Waals surface area contributed by atoms with Crippen LogP contribution < -0.4 is 20.5 Å². The van der Waals surface area contributed by atoms with Gasteiger partial charge in [0.15, 0.2) is 0 Å². The first-order valence-electron chi connectivity index (χ1n) is 10.1. The van der Waals surface area contributed by atoms with Gasteiger partial charge in [-0.3, -0.25) is 9.59 Å². The molecule has 0 aromatic heterocycles. The van der Waals surface area contributed by atoms with Crippen LogP contribution in [-0.2, 0) is 26.0 Å². The number of nitrogens with one attached hydrogen (secondary N) is 1. The summed E-state index contributed by atoms with van der Waals surface area (Å²) in [5.41, 5.74) is 6.56. The van der Waals surface area contributed by atoms with Gasteiger partial charge >= 0.3 is 0 Å². The van der Waals surface area contributed by atoms with Gasteiger partial charge in [0.05, 0.1) is 20.6 Å². The molecular formula is C22H27N3O6S. The zero-order valence-electron chi connectivity index (χ0n) is 18.0. The van der Waals surface area contributed by atoms with E-state index in [0.29, 0.717) is 24.3 Å². The Bertz CT molecular complexity index is 1080. The number of hydrogen-bond donors (Lipinski definition) is 2. The zero-order chi connectivity index (χ0) is 23.3. The average Bonchev–Trinajstić information content (AvgIpc) is 2.79. The van der Waals surface area contributed by atoms with Gasteiger partial charge in [0.25, 0.3) is 0 Å². The Morgan fingerprint density at radius 3 is 2.28 bits per heavy atom. The van der Waals surface area contributed by atoms with Crippen molar-refractivity contribution in [2.24, 2.45) is 11.7 Å². The van der Waals surface area contributed by atoms with Crippen LogP contribution in [0.2, 0.25) is 0 Å². The van der Waals surface area contributed by atoms with Crippen molar-refractivity contribution >= 4 is 27.5 Å². The number of nitrogens with zero attached hydrogens (tertiary/aromatic N) is 1. The molecule has 0 atom stereocenters. The smallest absolute Gasteiger partial charge is 0.246 e. The summed E-state index contributed by atoms with van der Waals surface area (Å²) in [4.78, 5) is 23.7. The Morgan fingerprint density at radius 1 is 1.06 bits per heavy atom. The number of methoxy groups -OCH3 is 2. The minimum Gasteiger partial charge on any atom is -0.497 e. The number of ether oxygens (including phenoxy) is 2. The first-order chi connectivity index (χ1) is 15.2. The van der Waals surface area contributed by atoms with Crippen LogP contribution in [0.1, 0.15) is 18.4 Å². The van der Waals surface area contributed by atoms with E-state index in [4.69, 9.17) is 15.2 Å². The Labute approximate surface area is 187 Å². The maximum Gasteiger partial charge on any atom is 0.246 e. The Balaban J connectivity index is 1.63. The van der Waals surface area contributed by atoms with Crippen molar-refractivity contribution < 1.29 is 27.5 Å². The highest BCUT2D eigenvalue weighted by Gasteiger charge is 2.34. The molecule has 0 bridgehead atoms. The third-order valence-electron chi connectivity index (χ3n) is 5.41. The molecule has 1 heterocycles. The number of amides is 2. The lowest BCUT2D eigenvalue weighted by Gasteiger charge is -2.31. The van der Waals surface area contributed by atoms with Gasteiger partial charge in [-0.1, -0.05) is 12.1 Å². The number of carbonyl (C=O) groups excluding carboxylic acids is 2. The quantitative estimate of drug-likeness (QED) is 0.617. The van der Waals surface area contributed by atoms with Gasteiger partial charge in [-0.05, 0) is 42.7 Å². The molecule has 2 amide bonds. The van der Waals surface area contributed by atoms with Crippen LogP contribution in [0.4, 0.5) is 5.69 Å². The highest BCUT2D eigenvalue weighted by Crippen LogP contribution is 2.32. The van der Waals surface area contributed by atoms with Crippen LogP contribution in [0, 0.1) is 5.92 Å². The van der Waals surface area contributed by atoms with Gasteiger partial charge < -0.3 is 20.5 Å². The summed E-state index contributed by atoms with van der Waals surface area (Å²) in [5, 5.41) is 2.85. The fraction of sp³-hybridized carbons (Fsp3) is 0.364. The van der Waals surface area contributed by atoms with E-state index in [1.807, 2.05) is 0 Å². The van der Waals surface area contributed by atoms with Crippen molar-refractivity contribution in [1.82, 2.24) is 4.31 Å². The van der Waals surface area contributed by atoms with E-state index in [2.05, 4.69) is 5.32 Å². The largest absolute Gasteiger partial charge is 0.497 e. The molecule has 0 radical (unpaired) electrons. The van der Waals surface area contributed by atoms with Crippen molar-refractivity contribution in [3.63, 3.8) is 0 Å². The number of anilines is 1. The molecule has 10 heteroatoms. The number of primary amides is 1. The fourth-order valence-electron chi connectivity index (χ4n) is 3.63. The lowest BCUT2D eigenvalue weighted by molar-refractivity contribution is -0.121. The summed E-state index contributed by atoms with van der Waals surface area (Å²) in [5.74, 6) is -0.233. The molecule has 3 rings (SSSR count). The third kappa shape index (κ3) is 5.38. The molecule has 0 spiro atoms. The molecule has 1 aliphatic rings. The summed E-state index contributed by atoms with van der Waals surface area (Å²) >= 11 is 0. The Morgan fingerprint density at radius 2 is 1.72 bits per heavy atom. The molecule has 0 aliphatic carbocycles. The maximum atomic E-state index is 13.2. The fourth-order valence-corrected chi connectivity index (χ4v) is 5.27. The van der Waals surface area contributed by atoms with E-state index in [-0.39, 0.29) is 42.0 Å². The molecule has 0 unspecified atom stereocenters. The van der Waals surface area contributed by atoms with Crippen molar-refractivity contribution in [3.8, 4) is 11.5 Å². The van der Waals surface area contributed by atoms with Gasteiger partial charge in [0.2, 0.25) is 21.8 Å². The molecule has 172 valence electrons. The molecule has 32 heavy (non-hydrogen) atoms. The van der Waals surface area contributed by atoms with Crippen LogP contribution in [0.25, 0.3) is 0 Å². The lowest BCUT2D eigenvalue weighted by Crippen LogP contribution is -2.41. The van der Waals surface area contributed by atoms with Crippen LogP contribution in [-0.4, -0.2) is 51.8 Å². The van der Waals surface area contributed by atoms with Crippen LogP contribution in [0.3, 0.4) is 0 Å². The second-order valence-electron chi connectivity index (χ2n) is 7.52. The minimum absolute atomic E-state index is 0.0401. The summed E-state index contributed by atoms with van der Waals surface area (Å²) < 4.78 is 38.1. The van der Waals surface area contributed by atoms with Gasteiger partial charge in [0.1, 0.15) is 16.4 Å². The van der Waals surface area contributed by atoms with Crippen molar-refractivity contribution in [2.75, 3.05) is 32.6 Å². The van der Waals surface area contributed by atoms with E-state index in [1.54, 1.807) is 36.4 Å². The van der Waals surface area contributed by atoms with Gasteiger partial charge in [0, 0.05) is 30.8 Å². The molecule has 1 saturated heterocycles. The number of piperidine rings is 1. The average molecular weight is 462 g/mol. The Kier molecular flexibility index (Phi) is 7.37. The van der Waals surface area contributed by atoms with E-state index in [1.165, 1.54) is 24.6 Å². The highest BCUT2D eigenvalue weighted by atomic mass is 32.2. The lowest BCUT2D eigenvalue weighted by atomic mass is 9.97. The first-order valence-corrected chi connectivity index (χ1v) is 11.6. The van der Waals surface area contributed by atoms with Crippen LogP contribution in [0.5, 0.6) is 11.5 Å². The Hall–Kier alpha value is -3.11. The highest BCUT2D eigenvalue weighted by molar-refractivity contribution is 7.89. The van der Waals surface area contributed by atoms with E-state index >= 15 is 0 Å². The number of hydrogen-bond acceptors (Lipinski definition) is 6. The number of carbonyl (C=O) groups is 2. The van der Waals surface area contributed by atoms with Gasteiger partial charge in [-0.15, -0.1) is 0 Å². The van der Waals surface area contributed by atoms with E-state index < -0.39 is 15.9 Å². The third-order valence-corrected chi connectivity index (χ3v) is 7.33. The summed E-state index contributed by atoms with van der Waals surface area (Å²) in [6.45, 7) is 0.441. The van der Waals surface area contributed by atoms with E-state index in [9.17, 15) is 18.0 Å². The number of sulfonamides is 1. The topological polar surface area (TPSA) is 128 Å². The standard InChI is InChI=1S/C22H27N3O6S/c1-30-18-7-8-19(31-2)20(14-18)32(28,29)25-11-9-16(10-12-25)22(27)24-17-5-3-15(4-6-17)13-21(23)26/h3-8,14,16H,9-13H2,1-2H3,(H2,23,26)(H,24,27). The SMILES string of the molecule is COc1ccc(OC)c(S(=O)(=O)N2CCC(C(=O)Nc3ccc(CC(N)=O)cc3)CC2)c1. The van der Waals surface area contributed by atoms with Gasteiger partial charge in [-0.25, -0.2) is 8.42 Å². The first kappa shape index (κ1) is 23.6. The molecule has 1 aliphatic heterocycles. The molecule has 2 aromatic rings. The second-order valence-corrected chi connectivity index (χ2v) is 9.43. The van der Waals surface area contributed by atoms with Crippen LogP contribution in [0.15, 0.2) is 47.4 Å². The molecule has 1 fully saturated rings. The summed E-state index contributed by atoms with van der Waals surface area (Å²) in [6, 6.07) is 11.5. The zero-order valence-corrected chi connectivity index (χ0v) is 18.9. The van der Waals surface area contributed by atoms with Crippen molar-refractivity contribution in [1.29, 1.82) is 0 Å². The van der Waals surface area contributed by atoms with Gasteiger partial charge in [-0.2, -0.15) is 4.31 Å². The molecule has 9 nitrogen and oxygen atoms in total. The van der Waals surface area contributed by atoms with Crippen molar-refractivity contribution in [3.05, 3.63) is 48.0 Å². The maximum absolute atomic E-state index is 13.2.